The van der Waals surface area contributed by atoms with Gasteiger partial charge in [-0.2, -0.15) is 0 Å². The first-order valence-corrected chi connectivity index (χ1v) is 3.71. The van der Waals surface area contributed by atoms with Crippen LogP contribution in [0.1, 0.15) is 0 Å². The summed E-state index contributed by atoms with van der Waals surface area (Å²) in [5.74, 6) is 0. The Labute approximate surface area is 69.6 Å². The SMILES string of the molecule is O=C1NCCN1.O=C1NCCO1. The summed E-state index contributed by atoms with van der Waals surface area (Å²) in [6.45, 7) is 2.75. The lowest BCUT2D eigenvalue weighted by molar-refractivity contribution is 0.178. The monoisotopic (exact) mass is 173 g/mol. The molecule has 0 saturated carbocycles. The Kier molecular flexibility index (Phi) is 3.18. The number of ether oxygens (including phenoxy) is 1. The van der Waals surface area contributed by atoms with E-state index in [2.05, 4.69) is 20.7 Å². The van der Waals surface area contributed by atoms with Gasteiger partial charge < -0.3 is 20.7 Å². The summed E-state index contributed by atoms with van der Waals surface area (Å²) in [6.07, 6.45) is -0.296. The van der Waals surface area contributed by atoms with Crippen LogP contribution in [0.3, 0.4) is 0 Å². The van der Waals surface area contributed by atoms with E-state index in [1.54, 1.807) is 0 Å². The number of nitrogens with one attached hydrogen (secondary N) is 3. The average Bonchev–Trinajstić information content (AvgIpc) is 2.63. The Morgan fingerprint density at radius 2 is 1.67 bits per heavy atom. The van der Waals surface area contributed by atoms with Crippen LogP contribution in [-0.4, -0.2) is 38.4 Å². The zero-order valence-corrected chi connectivity index (χ0v) is 6.55. The van der Waals surface area contributed by atoms with E-state index < -0.39 is 0 Å². The van der Waals surface area contributed by atoms with Crippen LogP contribution in [-0.2, 0) is 4.74 Å². The topological polar surface area (TPSA) is 79.5 Å². The van der Waals surface area contributed by atoms with E-state index >= 15 is 0 Å². The van der Waals surface area contributed by atoms with Gasteiger partial charge in [-0.25, -0.2) is 9.59 Å². The minimum absolute atomic E-state index is 0.0463. The van der Waals surface area contributed by atoms with Gasteiger partial charge in [0.2, 0.25) is 0 Å². The maximum Gasteiger partial charge on any atom is 0.407 e. The molecule has 2 saturated heterocycles. The normalized spacial score (nSPS) is 19.7. The fraction of sp³-hybridized carbons (Fsp3) is 0.667. The van der Waals surface area contributed by atoms with Crippen LogP contribution in [0.25, 0.3) is 0 Å². The number of cyclic esters (lactones) is 1. The Morgan fingerprint density at radius 1 is 1.00 bits per heavy atom. The van der Waals surface area contributed by atoms with E-state index in [4.69, 9.17) is 0 Å². The van der Waals surface area contributed by atoms with Crippen LogP contribution in [0.2, 0.25) is 0 Å². The molecule has 0 aromatic heterocycles. The fourth-order valence-electron chi connectivity index (χ4n) is 0.762. The maximum absolute atomic E-state index is 10.0. The number of carbonyl (C=O) groups is 2. The zero-order chi connectivity index (χ0) is 8.81. The third-order valence-electron chi connectivity index (χ3n) is 1.30. The second-order valence-corrected chi connectivity index (χ2v) is 2.25. The lowest BCUT2D eigenvalue weighted by Crippen LogP contribution is -2.20. The van der Waals surface area contributed by atoms with Crippen molar-refractivity contribution in [3.05, 3.63) is 0 Å². The molecule has 2 fully saturated rings. The largest absolute Gasteiger partial charge is 0.448 e. The molecule has 3 N–H and O–H groups in total. The lowest BCUT2D eigenvalue weighted by atomic mass is 10.7. The van der Waals surface area contributed by atoms with Crippen LogP contribution in [0, 0.1) is 0 Å². The number of urea groups is 1. The van der Waals surface area contributed by atoms with E-state index in [0.717, 1.165) is 13.1 Å². The van der Waals surface area contributed by atoms with Crippen LogP contribution in [0.15, 0.2) is 0 Å². The highest BCUT2D eigenvalue weighted by Crippen LogP contribution is 1.82. The third kappa shape index (κ3) is 3.09. The summed E-state index contributed by atoms with van der Waals surface area (Å²) < 4.78 is 4.40. The van der Waals surface area contributed by atoms with Gasteiger partial charge in [-0.1, -0.05) is 0 Å². The molecule has 0 radical (unpaired) electrons. The Hall–Kier alpha value is -1.46. The van der Waals surface area contributed by atoms with E-state index in [1.165, 1.54) is 0 Å². The summed E-state index contributed by atoms with van der Waals surface area (Å²) in [4.78, 5) is 19.9. The summed E-state index contributed by atoms with van der Waals surface area (Å²) in [7, 11) is 0. The average molecular weight is 173 g/mol. The number of amides is 3. The molecular weight excluding hydrogens is 162 g/mol. The molecule has 0 aromatic rings. The summed E-state index contributed by atoms with van der Waals surface area (Å²) in [5, 5.41) is 7.60. The van der Waals surface area contributed by atoms with Crippen molar-refractivity contribution in [3.63, 3.8) is 0 Å². The highest BCUT2D eigenvalue weighted by atomic mass is 16.6. The molecule has 0 aromatic carbocycles. The van der Waals surface area contributed by atoms with Crippen molar-refractivity contribution >= 4 is 12.1 Å². The Balaban J connectivity index is 0.000000120. The second-order valence-electron chi connectivity index (χ2n) is 2.25. The summed E-state index contributed by atoms with van der Waals surface area (Å²) >= 11 is 0. The molecule has 0 bridgehead atoms. The molecule has 6 heteroatoms. The second kappa shape index (κ2) is 4.42. The smallest absolute Gasteiger partial charge is 0.407 e. The van der Waals surface area contributed by atoms with Crippen molar-refractivity contribution in [1.29, 1.82) is 0 Å². The minimum Gasteiger partial charge on any atom is -0.448 e. The number of hydrogen-bond donors (Lipinski definition) is 3. The van der Waals surface area contributed by atoms with Crippen molar-refractivity contribution in [2.24, 2.45) is 0 Å². The predicted octanol–water partition coefficient (Wildman–Crippen LogP) is -0.975. The molecule has 0 unspecified atom stereocenters. The van der Waals surface area contributed by atoms with Crippen LogP contribution in [0.4, 0.5) is 9.59 Å². The number of hydrogen-bond acceptors (Lipinski definition) is 3. The quantitative estimate of drug-likeness (QED) is 0.440. The van der Waals surface area contributed by atoms with E-state index in [-0.39, 0.29) is 12.1 Å². The van der Waals surface area contributed by atoms with Gasteiger partial charge in [0.05, 0.1) is 6.54 Å². The minimum atomic E-state index is -0.296. The van der Waals surface area contributed by atoms with Crippen LogP contribution < -0.4 is 16.0 Å². The molecule has 12 heavy (non-hydrogen) atoms. The van der Waals surface area contributed by atoms with Gasteiger partial charge in [0, 0.05) is 13.1 Å². The first-order chi connectivity index (χ1) is 5.79. The molecule has 6 nitrogen and oxygen atoms in total. The molecule has 0 atom stereocenters. The third-order valence-corrected chi connectivity index (χ3v) is 1.30. The van der Waals surface area contributed by atoms with Gasteiger partial charge in [-0.05, 0) is 0 Å². The fourth-order valence-corrected chi connectivity index (χ4v) is 0.762. The van der Waals surface area contributed by atoms with Crippen LogP contribution in [0.5, 0.6) is 0 Å². The van der Waals surface area contributed by atoms with Gasteiger partial charge >= 0.3 is 12.1 Å². The van der Waals surface area contributed by atoms with Crippen LogP contribution >= 0.6 is 0 Å². The molecule has 2 rings (SSSR count). The molecular formula is C6H11N3O3. The number of rotatable bonds is 0. The van der Waals surface area contributed by atoms with Crippen molar-refractivity contribution in [2.75, 3.05) is 26.2 Å². The first-order valence-electron chi connectivity index (χ1n) is 3.71. The molecule has 68 valence electrons. The summed E-state index contributed by atoms with van der Waals surface area (Å²) in [6, 6.07) is -0.0463. The molecule has 2 aliphatic heterocycles. The zero-order valence-electron chi connectivity index (χ0n) is 6.55. The van der Waals surface area contributed by atoms with E-state index in [1.807, 2.05) is 0 Å². The Morgan fingerprint density at radius 3 is 1.83 bits per heavy atom. The maximum atomic E-state index is 10.0. The number of carbonyl (C=O) groups excluding carboxylic acids is 2. The summed E-state index contributed by atoms with van der Waals surface area (Å²) in [5.41, 5.74) is 0. The van der Waals surface area contributed by atoms with Gasteiger partial charge in [-0.3, -0.25) is 0 Å². The standard InChI is InChI=1S/C3H6N2O.C3H5NO2/c6-3-4-1-2-5-3;5-3-4-1-2-6-3/h1-2H2,(H2,4,5,6);1-2H2,(H,4,5). The molecule has 2 heterocycles. The van der Waals surface area contributed by atoms with Gasteiger partial charge in [0.25, 0.3) is 0 Å². The van der Waals surface area contributed by atoms with Crippen molar-refractivity contribution in [1.82, 2.24) is 16.0 Å². The lowest BCUT2D eigenvalue weighted by Gasteiger charge is -1.80. The highest BCUT2D eigenvalue weighted by molar-refractivity contribution is 5.75. The van der Waals surface area contributed by atoms with Gasteiger partial charge in [0.15, 0.2) is 0 Å². The molecule has 3 amide bonds. The van der Waals surface area contributed by atoms with E-state index in [9.17, 15) is 9.59 Å². The van der Waals surface area contributed by atoms with Crippen molar-refractivity contribution in [2.45, 2.75) is 0 Å². The molecule has 0 spiro atoms. The Bertz CT molecular complexity index is 147. The first kappa shape index (κ1) is 8.63. The predicted molar refractivity (Wildman–Crippen MR) is 40.8 cm³/mol. The van der Waals surface area contributed by atoms with Gasteiger partial charge in [0.1, 0.15) is 6.61 Å². The number of alkyl carbamates (subject to hydrolysis) is 1. The van der Waals surface area contributed by atoms with E-state index in [0.29, 0.717) is 13.2 Å². The molecule has 0 aliphatic carbocycles. The van der Waals surface area contributed by atoms with Crippen molar-refractivity contribution < 1.29 is 14.3 Å². The van der Waals surface area contributed by atoms with Gasteiger partial charge in [-0.15, -0.1) is 0 Å². The molecule has 2 aliphatic rings. The van der Waals surface area contributed by atoms with Crippen molar-refractivity contribution in [3.8, 4) is 0 Å². The highest BCUT2D eigenvalue weighted by Gasteiger charge is 2.06.